The molecule has 116 valence electrons. The highest BCUT2D eigenvalue weighted by molar-refractivity contribution is 7.14. The summed E-state index contributed by atoms with van der Waals surface area (Å²) >= 11 is 1.71. The number of piperazine rings is 1. The zero-order valence-corrected chi connectivity index (χ0v) is 13.2. The van der Waals surface area contributed by atoms with Crippen molar-refractivity contribution in [2.75, 3.05) is 38.2 Å². The average molecular weight is 318 g/mol. The largest absolute Gasteiger partial charge is 0.504 e. The molecule has 1 aliphatic rings. The van der Waals surface area contributed by atoms with Crippen molar-refractivity contribution in [1.82, 2.24) is 4.90 Å². The molecule has 2 aromatic rings. The molecule has 1 aromatic heterocycles. The fourth-order valence-electron chi connectivity index (χ4n) is 2.61. The molecule has 1 aliphatic heterocycles. The molecule has 1 fully saturated rings. The highest BCUT2D eigenvalue weighted by atomic mass is 32.1. The molecular weight excluding hydrogens is 300 g/mol. The number of phenolic OH excluding ortho intramolecular Hbond substituents is 1. The Kier molecular flexibility index (Phi) is 4.20. The van der Waals surface area contributed by atoms with Crippen LogP contribution in [0.15, 0.2) is 35.7 Å². The van der Waals surface area contributed by atoms with Gasteiger partial charge in [-0.1, -0.05) is 6.07 Å². The first kappa shape index (κ1) is 14.7. The molecule has 2 heterocycles. The number of carbonyl (C=O) groups excluding carboxylic acids is 1. The molecule has 5 nitrogen and oxygen atoms in total. The van der Waals surface area contributed by atoms with Gasteiger partial charge in [0.25, 0.3) is 5.91 Å². The van der Waals surface area contributed by atoms with E-state index in [0.717, 1.165) is 13.1 Å². The highest BCUT2D eigenvalue weighted by Crippen LogP contribution is 2.30. The first-order valence-corrected chi connectivity index (χ1v) is 8.02. The van der Waals surface area contributed by atoms with E-state index in [4.69, 9.17) is 4.74 Å². The zero-order valence-electron chi connectivity index (χ0n) is 12.4. The lowest BCUT2D eigenvalue weighted by Crippen LogP contribution is -2.48. The maximum Gasteiger partial charge on any atom is 0.257 e. The predicted octanol–water partition coefficient (Wildman–Crippen LogP) is 2.42. The summed E-state index contributed by atoms with van der Waals surface area (Å²) < 4.78 is 5.06. The van der Waals surface area contributed by atoms with E-state index < -0.39 is 0 Å². The van der Waals surface area contributed by atoms with Gasteiger partial charge in [0, 0.05) is 26.2 Å². The summed E-state index contributed by atoms with van der Waals surface area (Å²) in [5.41, 5.74) is 0.295. The van der Waals surface area contributed by atoms with Crippen LogP contribution in [0.3, 0.4) is 0 Å². The van der Waals surface area contributed by atoms with Crippen molar-refractivity contribution >= 4 is 22.2 Å². The number of hydrogen-bond donors (Lipinski definition) is 1. The number of aromatic hydroxyl groups is 1. The molecule has 0 radical (unpaired) electrons. The van der Waals surface area contributed by atoms with Crippen molar-refractivity contribution in [1.29, 1.82) is 0 Å². The van der Waals surface area contributed by atoms with Gasteiger partial charge in [-0.3, -0.25) is 4.79 Å². The lowest BCUT2D eigenvalue weighted by molar-refractivity contribution is 0.0743. The Hall–Kier alpha value is -2.21. The van der Waals surface area contributed by atoms with Crippen molar-refractivity contribution in [3.63, 3.8) is 0 Å². The Morgan fingerprint density at radius 1 is 1.18 bits per heavy atom. The monoisotopic (exact) mass is 318 g/mol. The van der Waals surface area contributed by atoms with Crippen LogP contribution in [-0.2, 0) is 0 Å². The summed E-state index contributed by atoms with van der Waals surface area (Å²) in [6.45, 7) is 2.90. The van der Waals surface area contributed by atoms with E-state index >= 15 is 0 Å². The number of para-hydroxylation sites is 1. The van der Waals surface area contributed by atoms with Crippen molar-refractivity contribution in [3.05, 3.63) is 41.3 Å². The molecule has 1 N–H and O–H groups in total. The fraction of sp³-hybridized carbons (Fsp3) is 0.312. The number of phenols is 1. The Balaban J connectivity index is 1.70. The third kappa shape index (κ3) is 2.74. The standard InChI is InChI=1S/C16H18N2O3S/c1-21-13-5-2-4-12(15(13)19)16(20)18-9-7-17(8-10-18)14-6-3-11-22-14/h2-6,11,19H,7-10H2,1H3. The summed E-state index contributed by atoms with van der Waals surface area (Å²) in [6.07, 6.45) is 0. The number of benzene rings is 1. The summed E-state index contributed by atoms with van der Waals surface area (Å²) in [5, 5.41) is 13.4. The number of ether oxygens (including phenoxy) is 1. The minimum Gasteiger partial charge on any atom is -0.504 e. The van der Waals surface area contributed by atoms with Crippen LogP contribution in [-0.4, -0.2) is 49.2 Å². The second-order valence-electron chi connectivity index (χ2n) is 5.09. The van der Waals surface area contributed by atoms with Crippen LogP contribution in [0.5, 0.6) is 11.5 Å². The molecule has 0 atom stereocenters. The summed E-state index contributed by atoms with van der Waals surface area (Å²) in [5.74, 6) is 0.0842. The lowest BCUT2D eigenvalue weighted by Gasteiger charge is -2.35. The number of thiophene rings is 1. The Morgan fingerprint density at radius 3 is 2.59 bits per heavy atom. The number of anilines is 1. The molecule has 1 amide bonds. The molecule has 22 heavy (non-hydrogen) atoms. The highest BCUT2D eigenvalue weighted by Gasteiger charge is 2.25. The zero-order chi connectivity index (χ0) is 15.5. The molecule has 6 heteroatoms. The Morgan fingerprint density at radius 2 is 1.95 bits per heavy atom. The lowest BCUT2D eigenvalue weighted by atomic mass is 10.1. The molecule has 1 aromatic carbocycles. The normalized spacial score (nSPS) is 15.0. The first-order valence-electron chi connectivity index (χ1n) is 7.14. The van der Waals surface area contributed by atoms with E-state index in [2.05, 4.69) is 16.3 Å². The molecule has 0 spiro atoms. The third-order valence-corrected chi connectivity index (χ3v) is 4.76. The van der Waals surface area contributed by atoms with Crippen molar-refractivity contribution in [2.24, 2.45) is 0 Å². The molecule has 0 bridgehead atoms. The van der Waals surface area contributed by atoms with Crippen molar-refractivity contribution < 1.29 is 14.6 Å². The minimum atomic E-state index is -0.151. The van der Waals surface area contributed by atoms with Crippen LogP contribution < -0.4 is 9.64 Å². The molecule has 0 unspecified atom stereocenters. The molecular formula is C16H18N2O3S. The van der Waals surface area contributed by atoms with Crippen LogP contribution in [0, 0.1) is 0 Å². The number of carbonyl (C=O) groups is 1. The van der Waals surface area contributed by atoms with Crippen LogP contribution in [0.2, 0.25) is 0 Å². The van der Waals surface area contributed by atoms with Gasteiger partial charge in [0.1, 0.15) is 0 Å². The van der Waals surface area contributed by atoms with Gasteiger partial charge in [-0.25, -0.2) is 0 Å². The Bertz CT molecular complexity index is 649. The van der Waals surface area contributed by atoms with Gasteiger partial charge in [0.15, 0.2) is 11.5 Å². The number of rotatable bonds is 3. The fourth-order valence-corrected chi connectivity index (χ4v) is 3.40. The van der Waals surface area contributed by atoms with Gasteiger partial charge in [-0.05, 0) is 29.6 Å². The van der Waals surface area contributed by atoms with E-state index in [-0.39, 0.29) is 11.7 Å². The maximum absolute atomic E-state index is 12.6. The second-order valence-corrected chi connectivity index (χ2v) is 6.01. The van der Waals surface area contributed by atoms with Crippen molar-refractivity contribution in [3.8, 4) is 11.5 Å². The number of hydrogen-bond acceptors (Lipinski definition) is 5. The van der Waals surface area contributed by atoms with Gasteiger partial charge < -0.3 is 19.6 Å². The van der Waals surface area contributed by atoms with Gasteiger partial charge in [-0.15, -0.1) is 11.3 Å². The SMILES string of the molecule is COc1cccc(C(=O)N2CCN(c3cccs3)CC2)c1O. The van der Waals surface area contributed by atoms with Crippen LogP contribution in [0.4, 0.5) is 5.00 Å². The topological polar surface area (TPSA) is 53.0 Å². The summed E-state index contributed by atoms with van der Waals surface area (Å²) in [4.78, 5) is 16.6. The van der Waals surface area contributed by atoms with Crippen LogP contribution in [0.25, 0.3) is 0 Å². The second kappa shape index (κ2) is 6.27. The number of nitrogens with zero attached hydrogens (tertiary/aromatic N) is 2. The quantitative estimate of drug-likeness (QED) is 0.944. The van der Waals surface area contributed by atoms with Gasteiger partial charge >= 0.3 is 0 Å². The van der Waals surface area contributed by atoms with Gasteiger partial charge in [0.05, 0.1) is 17.7 Å². The van der Waals surface area contributed by atoms with Crippen LogP contribution >= 0.6 is 11.3 Å². The van der Waals surface area contributed by atoms with E-state index in [9.17, 15) is 9.90 Å². The summed E-state index contributed by atoms with van der Waals surface area (Å²) in [7, 11) is 1.48. The smallest absolute Gasteiger partial charge is 0.257 e. The van der Waals surface area contributed by atoms with Gasteiger partial charge in [0.2, 0.25) is 0 Å². The first-order chi connectivity index (χ1) is 10.7. The molecule has 0 saturated carbocycles. The molecule has 0 aliphatic carbocycles. The molecule has 3 rings (SSSR count). The summed E-state index contributed by atoms with van der Waals surface area (Å²) in [6, 6.07) is 9.11. The average Bonchev–Trinajstić information content (AvgIpc) is 3.09. The van der Waals surface area contributed by atoms with E-state index in [1.54, 1.807) is 34.4 Å². The van der Waals surface area contributed by atoms with Crippen LogP contribution in [0.1, 0.15) is 10.4 Å². The van der Waals surface area contributed by atoms with Crippen molar-refractivity contribution in [2.45, 2.75) is 0 Å². The third-order valence-electron chi connectivity index (χ3n) is 3.83. The predicted molar refractivity (Wildman–Crippen MR) is 87.1 cm³/mol. The maximum atomic E-state index is 12.6. The molecule has 1 saturated heterocycles. The van der Waals surface area contributed by atoms with Gasteiger partial charge in [-0.2, -0.15) is 0 Å². The van der Waals surface area contributed by atoms with E-state index in [1.165, 1.54) is 12.1 Å². The number of amides is 1. The van der Waals surface area contributed by atoms with E-state index in [1.807, 2.05) is 6.07 Å². The number of methoxy groups -OCH3 is 1. The minimum absolute atomic E-state index is 0.0873. The Labute approximate surface area is 133 Å². The van der Waals surface area contributed by atoms with E-state index in [0.29, 0.717) is 24.4 Å².